The van der Waals surface area contributed by atoms with Crippen LogP contribution < -0.4 is 10.6 Å². The topological polar surface area (TPSA) is 96.9 Å². The third kappa shape index (κ3) is 6.40. The highest BCUT2D eigenvalue weighted by molar-refractivity contribution is 6.31. The summed E-state index contributed by atoms with van der Waals surface area (Å²) in [5.74, 6) is -0.177. The van der Waals surface area contributed by atoms with Gasteiger partial charge in [-0.2, -0.15) is 0 Å². The second kappa shape index (κ2) is 10.9. The van der Waals surface area contributed by atoms with E-state index in [2.05, 4.69) is 10.6 Å². The van der Waals surface area contributed by atoms with Gasteiger partial charge < -0.3 is 25.2 Å². The number of hydrogen-bond donors (Lipinski definition) is 3. The minimum Gasteiger partial charge on any atom is -0.394 e. The van der Waals surface area contributed by atoms with Crippen LogP contribution in [0.2, 0.25) is 5.02 Å². The second-order valence-corrected chi connectivity index (χ2v) is 8.04. The molecule has 160 valence electrons. The van der Waals surface area contributed by atoms with E-state index in [0.29, 0.717) is 37.6 Å². The minimum absolute atomic E-state index is 0.00344. The van der Waals surface area contributed by atoms with Gasteiger partial charge in [0, 0.05) is 30.7 Å². The maximum atomic E-state index is 12.5. The molecule has 29 heavy (non-hydrogen) atoms. The predicted octanol–water partition coefficient (Wildman–Crippen LogP) is 1.80. The van der Waals surface area contributed by atoms with Crippen molar-refractivity contribution in [3.05, 3.63) is 34.9 Å². The zero-order chi connectivity index (χ0) is 20.6. The van der Waals surface area contributed by atoms with Crippen LogP contribution in [0.3, 0.4) is 0 Å². The van der Waals surface area contributed by atoms with Gasteiger partial charge in [-0.05, 0) is 37.3 Å². The van der Waals surface area contributed by atoms with Crippen molar-refractivity contribution in [3.8, 4) is 0 Å². The normalized spacial score (nSPS) is 25.4. The zero-order valence-electron chi connectivity index (χ0n) is 16.4. The molecule has 0 aliphatic carbocycles. The molecule has 0 aromatic heterocycles. The number of aliphatic hydroxyl groups is 1. The van der Waals surface area contributed by atoms with Gasteiger partial charge in [0.05, 0.1) is 25.2 Å². The van der Waals surface area contributed by atoms with E-state index in [1.807, 2.05) is 18.2 Å². The summed E-state index contributed by atoms with van der Waals surface area (Å²) in [4.78, 5) is 24.7. The Labute approximate surface area is 176 Å². The van der Waals surface area contributed by atoms with Crippen LogP contribution in [-0.4, -0.2) is 55.0 Å². The lowest BCUT2D eigenvalue weighted by Crippen LogP contribution is -2.53. The lowest BCUT2D eigenvalue weighted by molar-refractivity contribution is -0.139. The largest absolute Gasteiger partial charge is 0.394 e. The molecule has 2 heterocycles. The molecular weight excluding hydrogens is 396 g/mol. The molecule has 2 saturated heterocycles. The van der Waals surface area contributed by atoms with Crippen molar-refractivity contribution in [1.29, 1.82) is 0 Å². The van der Waals surface area contributed by atoms with Crippen molar-refractivity contribution in [1.82, 2.24) is 10.6 Å². The lowest BCUT2D eigenvalue weighted by Gasteiger charge is -2.37. The predicted molar refractivity (Wildman–Crippen MR) is 108 cm³/mol. The summed E-state index contributed by atoms with van der Waals surface area (Å²) in [7, 11) is 0. The Kier molecular flexibility index (Phi) is 8.29. The molecule has 0 spiro atoms. The van der Waals surface area contributed by atoms with Crippen molar-refractivity contribution in [2.75, 3.05) is 19.8 Å². The summed E-state index contributed by atoms with van der Waals surface area (Å²) >= 11 is 6.11. The van der Waals surface area contributed by atoms with Crippen LogP contribution >= 0.6 is 11.6 Å². The molecule has 8 heteroatoms. The van der Waals surface area contributed by atoms with Gasteiger partial charge in [0.2, 0.25) is 11.8 Å². The van der Waals surface area contributed by atoms with E-state index in [-0.39, 0.29) is 42.9 Å². The Morgan fingerprint density at radius 3 is 2.62 bits per heavy atom. The highest BCUT2D eigenvalue weighted by Gasteiger charge is 2.34. The van der Waals surface area contributed by atoms with Gasteiger partial charge in [-0.25, -0.2) is 0 Å². The van der Waals surface area contributed by atoms with Gasteiger partial charge in [-0.15, -0.1) is 0 Å². The standard InChI is InChI=1S/C21H29ClN2O5/c22-17-4-2-1-3-15(17)12-23-20(26)11-16-5-6-18(19(13-25)29-16)24-21(27)14-7-9-28-10-8-14/h1-4,14,16,18-19,25H,5-13H2,(H,23,26)(H,24,27)/t16-,18+,19+/m0/s1. The number of ether oxygens (including phenoxy) is 2. The Hall–Kier alpha value is -1.67. The first kappa shape index (κ1) is 22.0. The van der Waals surface area contributed by atoms with E-state index in [9.17, 15) is 14.7 Å². The van der Waals surface area contributed by atoms with Crippen LogP contribution in [0, 0.1) is 5.92 Å². The van der Waals surface area contributed by atoms with Crippen molar-refractivity contribution in [3.63, 3.8) is 0 Å². The monoisotopic (exact) mass is 424 g/mol. The molecule has 0 unspecified atom stereocenters. The molecular formula is C21H29ClN2O5. The van der Waals surface area contributed by atoms with Crippen molar-refractivity contribution in [2.24, 2.45) is 5.92 Å². The van der Waals surface area contributed by atoms with E-state index >= 15 is 0 Å². The molecule has 2 aliphatic heterocycles. The maximum absolute atomic E-state index is 12.5. The smallest absolute Gasteiger partial charge is 0.223 e. The Morgan fingerprint density at radius 1 is 1.14 bits per heavy atom. The fraction of sp³-hybridized carbons (Fsp3) is 0.619. The Balaban J connectivity index is 1.44. The van der Waals surface area contributed by atoms with Crippen LogP contribution in [-0.2, 0) is 25.6 Å². The van der Waals surface area contributed by atoms with Gasteiger partial charge in [0.1, 0.15) is 6.10 Å². The summed E-state index contributed by atoms with van der Waals surface area (Å²) in [6, 6.07) is 7.13. The fourth-order valence-corrected chi connectivity index (χ4v) is 4.02. The molecule has 2 amide bonds. The molecule has 3 atom stereocenters. The molecule has 0 saturated carbocycles. The van der Waals surface area contributed by atoms with Gasteiger partial charge in [0.15, 0.2) is 0 Å². The number of carbonyl (C=O) groups excluding carboxylic acids is 2. The summed E-state index contributed by atoms with van der Waals surface area (Å²) in [5.41, 5.74) is 0.858. The molecule has 3 rings (SSSR count). The number of halogens is 1. The van der Waals surface area contributed by atoms with E-state index in [1.165, 1.54) is 0 Å². The van der Waals surface area contributed by atoms with Crippen LogP contribution in [0.5, 0.6) is 0 Å². The fourth-order valence-electron chi connectivity index (χ4n) is 3.82. The number of aliphatic hydroxyl groups excluding tert-OH is 1. The van der Waals surface area contributed by atoms with Crippen LogP contribution in [0.1, 0.15) is 37.7 Å². The van der Waals surface area contributed by atoms with Crippen molar-refractivity contribution >= 4 is 23.4 Å². The molecule has 3 N–H and O–H groups in total. The van der Waals surface area contributed by atoms with Crippen LogP contribution in [0.25, 0.3) is 0 Å². The Bertz CT molecular complexity index is 695. The number of rotatable bonds is 7. The van der Waals surface area contributed by atoms with E-state index < -0.39 is 6.10 Å². The summed E-state index contributed by atoms with van der Waals surface area (Å²) < 4.78 is 11.2. The SMILES string of the molecule is O=C(C[C@@H]1CC[C@@H](NC(=O)C2CCOCC2)[C@@H](CO)O1)NCc1ccccc1Cl. The quantitative estimate of drug-likeness (QED) is 0.620. The molecule has 0 radical (unpaired) electrons. The van der Waals surface area contributed by atoms with Gasteiger partial charge in [-0.1, -0.05) is 29.8 Å². The Morgan fingerprint density at radius 2 is 1.90 bits per heavy atom. The van der Waals surface area contributed by atoms with E-state index in [0.717, 1.165) is 18.4 Å². The molecule has 1 aromatic rings. The highest BCUT2D eigenvalue weighted by Crippen LogP contribution is 2.23. The van der Waals surface area contributed by atoms with Crippen LogP contribution in [0.15, 0.2) is 24.3 Å². The third-order valence-electron chi connectivity index (χ3n) is 5.56. The molecule has 1 aromatic carbocycles. The van der Waals surface area contributed by atoms with Gasteiger partial charge in [0.25, 0.3) is 0 Å². The highest BCUT2D eigenvalue weighted by atomic mass is 35.5. The minimum atomic E-state index is -0.506. The second-order valence-electron chi connectivity index (χ2n) is 7.63. The van der Waals surface area contributed by atoms with Gasteiger partial charge in [-0.3, -0.25) is 9.59 Å². The summed E-state index contributed by atoms with van der Waals surface area (Å²) in [6.07, 6.45) is 2.18. The first-order valence-corrected chi connectivity index (χ1v) is 10.6. The third-order valence-corrected chi connectivity index (χ3v) is 5.93. The number of nitrogens with one attached hydrogen (secondary N) is 2. The number of benzene rings is 1. The van der Waals surface area contributed by atoms with Crippen molar-refractivity contribution < 1.29 is 24.2 Å². The lowest BCUT2D eigenvalue weighted by atomic mass is 9.94. The first-order valence-electron chi connectivity index (χ1n) is 10.2. The molecule has 0 bridgehead atoms. The number of carbonyl (C=O) groups is 2. The van der Waals surface area contributed by atoms with Crippen LogP contribution in [0.4, 0.5) is 0 Å². The molecule has 2 aliphatic rings. The maximum Gasteiger partial charge on any atom is 0.223 e. The van der Waals surface area contributed by atoms with E-state index in [4.69, 9.17) is 21.1 Å². The number of amides is 2. The first-order chi connectivity index (χ1) is 14.1. The summed E-state index contributed by atoms with van der Waals surface area (Å²) in [5, 5.41) is 16.2. The summed E-state index contributed by atoms with van der Waals surface area (Å²) in [6.45, 7) is 1.37. The number of hydrogen-bond acceptors (Lipinski definition) is 5. The van der Waals surface area contributed by atoms with Crippen molar-refractivity contribution in [2.45, 2.75) is 56.9 Å². The molecule has 2 fully saturated rings. The average Bonchev–Trinajstić information content (AvgIpc) is 2.74. The zero-order valence-corrected chi connectivity index (χ0v) is 17.2. The molecule has 7 nitrogen and oxygen atoms in total. The average molecular weight is 425 g/mol. The van der Waals surface area contributed by atoms with Gasteiger partial charge >= 0.3 is 0 Å². The van der Waals surface area contributed by atoms with E-state index in [1.54, 1.807) is 6.07 Å².